The standard InChI is InChI=1S/C22H30O5S.K/c1-2-3-4-5-6-7-8-9-14-20-21(15-11-16-22(20)28(24,25)26)27-19-13-10-12-18(23)17-19;/h10-13,15-17,23H,2-9,14H2,1H3,(H,24,25,26);/q;+1/p-1. The normalized spacial score (nSPS) is 11.1. The van der Waals surface area contributed by atoms with Gasteiger partial charge < -0.3 is 9.84 Å². The molecule has 0 saturated heterocycles. The average Bonchev–Trinajstić information content (AvgIpc) is 2.64. The maximum Gasteiger partial charge on any atom is 1.00 e. The molecule has 0 saturated carbocycles. The molecule has 7 heteroatoms. The number of benzene rings is 2. The third-order valence-corrected chi connectivity index (χ3v) is 5.62. The van der Waals surface area contributed by atoms with Crippen molar-refractivity contribution in [2.75, 3.05) is 0 Å². The first-order valence-corrected chi connectivity index (χ1v) is 11.4. The maximum atomic E-state index is 11.8. The maximum absolute atomic E-state index is 11.8. The molecule has 1 N–H and O–H groups in total. The van der Waals surface area contributed by atoms with Crippen molar-refractivity contribution < 1.29 is 74.2 Å². The summed E-state index contributed by atoms with van der Waals surface area (Å²) in [6, 6.07) is 10.6. The molecule has 0 aliphatic heterocycles. The topological polar surface area (TPSA) is 86.7 Å². The van der Waals surface area contributed by atoms with E-state index in [0.29, 0.717) is 23.5 Å². The van der Waals surface area contributed by atoms with Crippen molar-refractivity contribution in [3.8, 4) is 17.2 Å². The Morgan fingerprint density at radius 2 is 1.55 bits per heavy atom. The van der Waals surface area contributed by atoms with Crippen LogP contribution in [0.4, 0.5) is 0 Å². The fourth-order valence-corrected chi connectivity index (χ4v) is 3.99. The Kier molecular flexibility index (Phi) is 12.7. The van der Waals surface area contributed by atoms with E-state index in [1.54, 1.807) is 18.2 Å². The molecule has 154 valence electrons. The van der Waals surface area contributed by atoms with Crippen molar-refractivity contribution in [2.24, 2.45) is 0 Å². The zero-order chi connectivity index (χ0) is 20.4. The fraction of sp³-hybridized carbons (Fsp3) is 0.455. The van der Waals surface area contributed by atoms with Gasteiger partial charge in [0.1, 0.15) is 16.4 Å². The van der Waals surface area contributed by atoms with Crippen molar-refractivity contribution >= 4 is 10.1 Å². The van der Waals surface area contributed by atoms with Gasteiger partial charge in [-0.25, -0.2) is 0 Å². The molecule has 0 aliphatic carbocycles. The minimum atomic E-state index is -4.36. The summed E-state index contributed by atoms with van der Waals surface area (Å²) in [7, 11) is -4.36. The van der Waals surface area contributed by atoms with Gasteiger partial charge >= 0.3 is 51.4 Å². The summed E-state index contributed by atoms with van der Waals surface area (Å²) in [5, 5.41) is 11.5. The van der Waals surface area contributed by atoms with Gasteiger partial charge in [0.25, 0.3) is 10.1 Å². The summed E-state index contributed by atoms with van der Waals surface area (Å²) < 4.78 is 39.0. The van der Waals surface area contributed by atoms with Gasteiger partial charge in [0.05, 0.1) is 0 Å². The largest absolute Gasteiger partial charge is 1.00 e. The van der Waals surface area contributed by atoms with E-state index < -0.39 is 10.1 Å². The third-order valence-electron chi connectivity index (χ3n) is 4.68. The average molecular weight is 445 g/mol. The van der Waals surface area contributed by atoms with Crippen LogP contribution in [0, 0.1) is 0 Å². The van der Waals surface area contributed by atoms with E-state index in [2.05, 4.69) is 6.92 Å². The SMILES string of the molecule is CCCCCCCCCCc1c(Oc2cccc([O-])c2)cccc1S(=O)(=O)O.[K+]. The molecule has 0 spiro atoms. The van der Waals surface area contributed by atoms with E-state index in [4.69, 9.17) is 4.74 Å². The second kappa shape index (κ2) is 13.8. The molecule has 0 fully saturated rings. The van der Waals surface area contributed by atoms with Gasteiger partial charge in [-0.1, -0.05) is 70.1 Å². The summed E-state index contributed by atoms with van der Waals surface area (Å²) in [5.41, 5.74) is 0.451. The Bertz CT molecular complexity index is 852. The van der Waals surface area contributed by atoms with Gasteiger partial charge in [-0.15, -0.1) is 5.75 Å². The Labute approximate surface area is 217 Å². The van der Waals surface area contributed by atoms with Crippen LogP contribution in [0.25, 0.3) is 0 Å². The summed E-state index contributed by atoms with van der Waals surface area (Å²) in [6.45, 7) is 2.19. The van der Waals surface area contributed by atoms with Crippen LogP contribution < -0.4 is 61.2 Å². The molecule has 2 aromatic carbocycles. The van der Waals surface area contributed by atoms with Gasteiger partial charge in [0.2, 0.25) is 0 Å². The zero-order valence-electron chi connectivity index (χ0n) is 17.4. The predicted molar refractivity (Wildman–Crippen MR) is 109 cm³/mol. The Morgan fingerprint density at radius 3 is 2.17 bits per heavy atom. The van der Waals surface area contributed by atoms with E-state index in [0.717, 1.165) is 19.3 Å². The van der Waals surface area contributed by atoms with E-state index in [1.165, 1.54) is 56.4 Å². The monoisotopic (exact) mass is 444 g/mol. The van der Waals surface area contributed by atoms with Crippen LogP contribution in [-0.2, 0) is 16.5 Å². The van der Waals surface area contributed by atoms with E-state index in [9.17, 15) is 18.1 Å². The molecule has 0 heterocycles. The van der Waals surface area contributed by atoms with Crippen molar-refractivity contribution in [2.45, 2.75) is 69.6 Å². The van der Waals surface area contributed by atoms with E-state index in [-0.39, 0.29) is 62.0 Å². The molecule has 2 aromatic rings. The van der Waals surface area contributed by atoms with Crippen molar-refractivity contribution in [1.29, 1.82) is 0 Å². The van der Waals surface area contributed by atoms with Crippen LogP contribution in [0.1, 0.15) is 63.9 Å². The first-order valence-electron chi connectivity index (χ1n) is 9.96. The third kappa shape index (κ3) is 9.51. The molecule has 0 atom stereocenters. The summed E-state index contributed by atoms with van der Waals surface area (Å²) >= 11 is 0. The van der Waals surface area contributed by atoms with Crippen molar-refractivity contribution in [1.82, 2.24) is 0 Å². The molecule has 2 rings (SSSR count). The van der Waals surface area contributed by atoms with Gasteiger partial charge in [-0.3, -0.25) is 4.55 Å². The molecule has 0 unspecified atom stereocenters. The van der Waals surface area contributed by atoms with Gasteiger partial charge in [-0.2, -0.15) is 8.42 Å². The van der Waals surface area contributed by atoms with Gasteiger partial charge in [0.15, 0.2) is 0 Å². The number of unbranched alkanes of at least 4 members (excludes halogenated alkanes) is 7. The van der Waals surface area contributed by atoms with Crippen molar-refractivity contribution in [3.05, 3.63) is 48.0 Å². The molecule has 0 amide bonds. The summed E-state index contributed by atoms with van der Waals surface area (Å²) in [6.07, 6.45) is 9.55. The van der Waals surface area contributed by atoms with Crippen LogP contribution in [0.2, 0.25) is 0 Å². The van der Waals surface area contributed by atoms with Crippen molar-refractivity contribution in [3.63, 3.8) is 0 Å². The molecular formula is C22H29KO5S. The molecule has 0 aromatic heterocycles. The smallest absolute Gasteiger partial charge is 0.872 e. The predicted octanol–water partition coefficient (Wildman–Crippen LogP) is 2.49. The Hall–Kier alpha value is -0.414. The van der Waals surface area contributed by atoms with Crippen LogP contribution in [0.3, 0.4) is 0 Å². The molecule has 0 aliphatic rings. The minimum Gasteiger partial charge on any atom is -0.872 e. The van der Waals surface area contributed by atoms with E-state index >= 15 is 0 Å². The number of hydrogen-bond donors (Lipinski definition) is 1. The first kappa shape index (κ1) is 26.6. The Balaban J connectivity index is 0.00000420. The zero-order valence-corrected chi connectivity index (χ0v) is 21.3. The van der Waals surface area contributed by atoms with E-state index in [1.807, 2.05) is 0 Å². The number of rotatable bonds is 12. The first-order chi connectivity index (χ1) is 13.4. The van der Waals surface area contributed by atoms with Crippen LogP contribution in [0.5, 0.6) is 17.2 Å². The second-order valence-corrected chi connectivity index (χ2v) is 8.40. The van der Waals surface area contributed by atoms with Gasteiger partial charge in [0, 0.05) is 5.56 Å². The fourth-order valence-electron chi connectivity index (χ4n) is 3.23. The van der Waals surface area contributed by atoms with Crippen LogP contribution >= 0.6 is 0 Å². The summed E-state index contributed by atoms with van der Waals surface area (Å²) in [4.78, 5) is -0.133. The molecule has 0 radical (unpaired) electrons. The summed E-state index contributed by atoms with van der Waals surface area (Å²) in [5.74, 6) is 0.508. The number of ether oxygens (including phenoxy) is 1. The quantitative estimate of drug-likeness (QED) is 0.309. The second-order valence-electron chi connectivity index (χ2n) is 7.01. The van der Waals surface area contributed by atoms with Crippen LogP contribution in [-0.4, -0.2) is 13.0 Å². The molecule has 0 bridgehead atoms. The molecule has 29 heavy (non-hydrogen) atoms. The number of hydrogen-bond acceptors (Lipinski definition) is 4. The van der Waals surface area contributed by atoms with Gasteiger partial charge in [-0.05, 0) is 37.1 Å². The molecular weight excluding hydrogens is 415 g/mol. The van der Waals surface area contributed by atoms with Crippen LogP contribution in [0.15, 0.2) is 47.4 Å². The molecule has 5 nitrogen and oxygen atoms in total. The Morgan fingerprint density at radius 1 is 0.931 bits per heavy atom. The minimum absolute atomic E-state index is 0.